The van der Waals surface area contributed by atoms with E-state index in [0.717, 1.165) is 5.56 Å². The van der Waals surface area contributed by atoms with Gasteiger partial charge in [-0.05, 0) is 37.1 Å². The topological polar surface area (TPSA) is 69.6 Å². The normalized spacial score (nSPS) is 17.0. The lowest BCUT2D eigenvalue weighted by atomic mass is 9.88. The van der Waals surface area contributed by atoms with Gasteiger partial charge in [0, 0.05) is 31.5 Å². The van der Waals surface area contributed by atoms with Crippen LogP contribution in [0.3, 0.4) is 0 Å². The van der Waals surface area contributed by atoms with Gasteiger partial charge < -0.3 is 15.3 Å². The lowest BCUT2D eigenvalue weighted by Crippen LogP contribution is -2.40. The maximum absolute atomic E-state index is 13.1. The van der Waals surface area contributed by atoms with Crippen LogP contribution in [0.5, 0.6) is 0 Å². The van der Waals surface area contributed by atoms with Gasteiger partial charge in [0.25, 0.3) is 0 Å². The van der Waals surface area contributed by atoms with E-state index in [4.69, 9.17) is 5.11 Å². The minimum absolute atomic E-state index is 0.0906. The fraction of sp³-hybridized carbons (Fsp3) is 0.529. The van der Waals surface area contributed by atoms with E-state index < -0.39 is 6.09 Å². The van der Waals surface area contributed by atoms with Crippen LogP contribution in [0.15, 0.2) is 24.3 Å². The largest absolute Gasteiger partial charge is 0.465 e. The molecule has 1 saturated heterocycles. The van der Waals surface area contributed by atoms with Gasteiger partial charge in [-0.15, -0.1) is 0 Å². The molecule has 0 saturated carbocycles. The number of hydrogen-bond donors (Lipinski definition) is 2. The molecule has 1 aliphatic heterocycles. The quantitative estimate of drug-likeness (QED) is 0.845. The lowest BCUT2D eigenvalue weighted by Gasteiger charge is -2.30. The first-order valence-corrected chi connectivity index (χ1v) is 8.00. The number of hydrogen-bond acceptors (Lipinski definition) is 3. The molecule has 1 heterocycles. The number of carboxylic acid groups (broad SMARTS) is 1. The first-order chi connectivity index (χ1) is 11.0. The number of benzene rings is 1. The van der Waals surface area contributed by atoms with Crippen molar-refractivity contribution in [3.8, 4) is 0 Å². The Balaban J connectivity index is 1.96. The van der Waals surface area contributed by atoms with Gasteiger partial charge in [-0.2, -0.15) is 0 Å². The number of nitrogens with one attached hydrogen (secondary N) is 1. The average molecular weight is 322 g/mol. The third-order valence-corrected chi connectivity index (χ3v) is 4.35. The summed E-state index contributed by atoms with van der Waals surface area (Å²) in [4.78, 5) is 24.8. The molecule has 0 spiro atoms. The first kappa shape index (κ1) is 17.4. The van der Waals surface area contributed by atoms with Crippen molar-refractivity contribution in [3.05, 3.63) is 35.6 Å². The van der Waals surface area contributed by atoms with Gasteiger partial charge in [0.2, 0.25) is 0 Å². The number of Topliss-reactive ketones (excluding diaryl/α,β-unsaturated/α-hetero) is 1. The van der Waals surface area contributed by atoms with Crippen LogP contribution in [0.2, 0.25) is 0 Å². The molecule has 23 heavy (non-hydrogen) atoms. The molecule has 2 rings (SSSR count). The van der Waals surface area contributed by atoms with Gasteiger partial charge >= 0.3 is 6.09 Å². The zero-order valence-corrected chi connectivity index (χ0v) is 13.3. The summed E-state index contributed by atoms with van der Waals surface area (Å²) in [5.41, 5.74) is 0.893. The van der Waals surface area contributed by atoms with E-state index in [2.05, 4.69) is 5.32 Å². The lowest BCUT2D eigenvalue weighted by molar-refractivity contribution is -0.124. The summed E-state index contributed by atoms with van der Waals surface area (Å²) in [5.74, 6) is -0.242. The Kier molecular flexibility index (Phi) is 6.10. The molecule has 1 fully saturated rings. The number of carbonyl (C=O) groups is 2. The molecular weight excluding hydrogens is 299 g/mol. The smallest absolute Gasteiger partial charge is 0.407 e. The van der Waals surface area contributed by atoms with Crippen molar-refractivity contribution < 1.29 is 19.1 Å². The minimum atomic E-state index is -0.923. The Hall–Kier alpha value is -1.95. The SMILES string of the molecule is CCN[C@H](CC(=O)C1CCN(C(=O)O)CC1)c1ccc(F)cc1. The number of piperidine rings is 1. The van der Waals surface area contributed by atoms with Gasteiger partial charge in [-0.25, -0.2) is 9.18 Å². The molecule has 0 aromatic heterocycles. The minimum Gasteiger partial charge on any atom is -0.465 e. The second kappa shape index (κ2) is 8.06. The van der Waals surface area contributed by atoms with Crippen LogP contribution in [0.1, 0.15) is 37.8 Å². The van der Waals surface area contributed by atoms with Crippen LogP contribution in [-0.4, -0.2) is 41.5 Å². The summed E-state index contributed by atoms with van der Waals surface area (Å²) >= 11 is 0. The standard InChI is InChI=1S/C17H23FN2O3/c1-2-19-15(12-3-5-14(18)6-4-12)11-16(21)13-7-9-20(10-8-13)17(22)23/h3-6,13,15,19H,2,7-11H2,1H3,(H,22,23)/t15-/m1/s1. The molecule has 0 bridgehead atoms. The Morgan fingerprint density at radius 2 is 1.91 bits per heavy atom. The molecule has 6 heteroatoms. The third kappa shape index (κ3) is 4.76. The Morgan fingerprint density at radius 1 is 1.30 bits per heavy atom. The average Bonchev–Trinajstić information content (AvgIpc) is 2.55. The first-order valence-electron chi connectivity index (χ1n) is 8.00. The number of amides is 1. The number of nitrogens with zero attached hydrogens (tertiary/aromatic N) is 1. The molecule has 5 nitrogen and oxygen atoms in total. The third-order valence-electron chi connectivity index (χ3n) is 4.35. The van der Waals surface area contributed by atoms with Crippen molar-refractivity contribution in [2.75, 3.05) is 19.6 Å². The van der Waals surface area contributed by atoms with E-state index in [1.54, 1.807) is 12.1 Å². The molecule has 0 radical (unpaired) electrons. The summed E-state index contributed by atoms with van der Waals surface area (Å²) in [6.45, 7) is 3.50. The van der Waals surface area contributed by atoms with Crippen molar-refractivity contribution in [1.29, 1.82) is 0 Å². The summed E-state index contributed by atoms with van der Waals surface area (Å²) in [6.07, 6.45) is 0.575. The highest BCUT2D eigenvalue weighted by Crippen LogP contribution is 2.24. The molecule has 1 amide bonds. The van der Waals surface area contributed by atoms with Gasteiger partial charge in [0.05, 0.1) is 0 Å². The highest BCUT2D eigenvalue weighted by molar-refractivity contribution is 5.82. The Morgan fingerprint density at radius 3 is 2.43 bits per heavy atom. The van der Waals surface area contributed by atoms with Crippen LogP contribution in [0, 0.1) is 11.7 Å². The molecule has 1 atom stereocenters. The fourth-order valence-corrected chi connectivity index (χ4v) is 3.01. The van der Waals surface area contributed by atoms with Crippen LogP contribution in [-0.2, 0) is 4.79 Å². The van der Waals surface area contributed by atoms with E-state index in [1.165, 1.54) is 17.0 Å². The molecule has 2 N–H and O–H groups in total. The van der Waals surface area contributed by atoms with Crippen molar-refractivity contribution in [1.82, 2.24) is 10.2 Å². The Bertz CT molecular complexity index is 539. The van der Waals surface area contributed by atoms with Crippen LogP contribution in [0.4, 0.5) is 9.18 Å². The molecule has 0 aliphatic carbocycles. The van der Waals surface area contributed by atoms with Gasteiger partial charge in [-0.1, -0.05) is 19.1 Å². The number of halogens is 1. The predicted molar refractivity (Wildman–Crippen MR) is 84.8 cm³/mol. The van der Waals surface area contributed by atoms with E-state index in [0.29, 0.717) is 38.9 Å². The van der Waals surface area contributed by atoms with Gasteiger partial charge in [-0.3, -0.25) is 4.79 Å². The molecular formula is C17H23FN2O3. The second-order valence-corrected chi connectivity index (χ2v) is 5.88. The summed E-state index contributed by atoms with van der Waals surface area (Å²) in [5, 5.41) is 12.2. The number of likely N-dealkylation sites (tertiary alicyclic amines) is 1. The van der Waals surface area contributed by atoms with Gasteiger partial charge in [0.1, 0.15) is 11.6 Å². The molecule has 1 aromatic rings. The zero-order valence-electron chi connectivity index (χ0n) is 13.3. The molecule has 0 unspecified atom stereocenters. The van der Waals surface area contributed by atoms with Crippen molar-refractivity contribution in [3.63, 3.8) is 0 Å². The van der Waals surface area contributed by atoms with E-state index in [-0.39, 0.29) is 23.6 Å². The van der Waals surface area contributed by atoms with Crippen LogP contribution in [0.25, 0.3) is 0 Å². The van der Waals surface area contributed by atoms with Gasteiger partial charge in [0.15, 0.2) is 0 Å². The monoisotopic (exact) mass is 322 g/mol. The highest BCUT2D eigenvalue weighted by Gasteiger charge is 2.28. The highest BCUT2D eigenvalue weighted by atomic mass is 19.1. The maximum Gasteiger partial charge on any atom is 0.407 e. The Labute approximate surface area is 135 Å². The van der Waals surface area contributed by atoms with E-state index in [1.807, 2.05) is 6.92 Å². The predicted octanol–water partition coefficient (Wildman–Crippen LogP) is 2.83. The van der Waals surface area contributed by atoms with Crippen molar-refractivity contribution >= 4 is 11.9 Å². The van der Waals surface area contributed by atoms with Crippen LogP contribution >= 0.6 is 0 Å². The van der Waals surface area contributed by atoms with Crippen molar-refractivity contribution in [2.45, 2.75) is 32.2 Å². The summed E-state index contributed by atoms with van der Waals surface area (Å²) in [7, 11) is 0. The van der Waals surface area contributed by atoms with E-state index in [9.17, 15) is 14.0 Å². The fourth-order valence-electron chi connectivity index (χ4n) is 3.01. The summed E-state index contributed by atoms with van der Waals surface area (Å²) < 4.78 is 13.1. The summed E-state index contributed by atoms with van der Waals surface area (Å²) in [6, 6.07) is 6.06. The molecule has 126 valence electrons. The second-order valence-electron chi connectivity index (χ2n) is 5.88. The molecule has 1 aromatic carbocycles. The number of ketones is 1. The van der Waals surface area contributed by atoms with Crippen molar-refractivity contribution in [2.24, 2.45) is 5.92 Å². The maximum atomic E-state index is 13.1. The number of rotatable bonds is 6. The van der Waals surface area contributed by atoms with Crippen LogP contribution < -0.4 is 5.32 Å². The zero-order chi connectivity index (χ0) is 16.8. The molecule has 1 aliphatic rings. The van der Waals surface area contributed by atoms with E-state index >= 15 is 0 Å². The number of carbonyl (C=O) groups excluding carboxylic acids is 1.